The highest BCUT2D eigenvalue weighted by Gasteiger charge is 2.26. The highest BCUT2D eigenvalue weighted by atomic mass is 32.1. The molecule has 7 heteroatoms. The minimum absolute atomic E-state index is 0.122. The molecule has 2 N–H and O–H groups in total. The van der Waals surface area contributed by atoms with Crippen molar-refractivity contribution >= 4 is 28.9 Å². The van der Waals surface area contributed by atoms with Crippen LogP contribution in [0.15, 0.2) is 24.3 Å². The van der Waals surface area contributed by atoms with E-state index in [0.717, 1.165) is 31.3 Å². The van der Waals surface area contributed by atoms with Crippen molar-refractivity contribution in [3.8, 4) is 0 Å². The van der Waals surface area contributed by atoms with Crippen molar-refractivity contribution in [2.75, 3.05) is 38.0 Å². The van der Waals surface area contributed by atoms with Gasteiger partial charge in [0, 0.05) is 37.9 Å². The number of anilines is 1. The maximum atomic E-state index is 13.1. The third-order valence-corrected chi connectivity index (χ3v) is 4.42. The summed E-state index contributed by atoms with van der Waals surface area (Å²) in [6, 6.07) is 6.50. The zero-order valence-electron chi connectivity index (χ0n) is 12.9. The summed E-state index contributed by atoms with van der Waals surface area (Å²) in [4.78, 5) is 16.3. The molecule has 1 amide bonds. The number of amides is 1. The van der Waals surface area contributed by atoms with Gasteiger partial charge in [-0.2, -0.15) is 0 Å². The molecule has 3 rings (SSSR count). The van der Waals surface area contributed by atoms with Crippen LogP contribution in [0.5, 0.6) is 0 Å². The summed E-state index contributed by atoms with van der Waals surface area (Å²) >= 11 is 5.40. The lowest BCUT2D eigenvalue weighted by molar-refractivity contribution is -0.117. The quantitative estimate of drug-likeness (QED) is 0.815. The van der Waals surface area contributed by atoms with E-state index < -0.39 is 0 Å². The molecule has 0 radical (unpaired) electrons. The fraction of sp³-hybridized carbons (Fsp3) is 0.500. The van der Waals surface area contributed by atoms with Crippen LogP contribution in [0.2, 0.25) is 0 Å². The van der Waals surface area contributed by atoms with Crippen LogP contribution >= 0.6 is 12.2 Å². The van der Waals surface area contributed by atoms with Gasteiger partial charge in [0.2, 0.25) is 5.91 Å². The zero-order chi connectivity index (χ0) is 16.2. The number of piperazine rings is 1. The van der Waals surface area contributed by atoms with E-state index in [2.05, 4.69) is 20.4 Å². The molecule has 1 saturated carbocycles. The normalized spacial score (nSPS) is 18.6. The number of rotatable bonds is 4. The predicted molar refractivity (Wildman–Crippen MR) is 91.8 cm³/mol. The second-order valence-corrected chi connectivity index (χ2v) is 6.43. The first-order valence-electron chi connectivity index (χ1n) is 7.93. The standard InChI is InChI=1S/C16H21FN4OS/c17-12-2-1-3-14(10-12)18-15(22)11-20-6-8-21(9-7-20)16(23)19-13-4-5-13/h1-3,10,13H,4-9,11H2,(H,18,22)(H,19,23). The van der Waals surface area contributed by atoms with Gasteiger partial charge in [-0.3, -0.25) is 9.69 Å². The van der Waals surface area contributed by atoms with E-state index in [1.165, 1.54) is 25.0 Å². The van der Waals surface area contributed by atoms with Gasteiger partial charge in [0.15, 0.2) is 5.11 Å². The lowest BCUT2D eigenvalue weighted by Gasteiger charge is -2.35. The summed E-state index contributed by atoms with van der Waals surface area (Å²) in [5.74, 6) is -0.476. The van der Waals surface area contributed by atoms with Gasteiger partial charge < -0.3 is 15.5 Å². The van der Waals surface area contributed by atoms with Gasteiger partial charge >= 0.3 is 0 Å². The average Bonchev–Trinajstić information content (AvgIpc) is 3.31. The van der Waals surface area contributed by atoms with Gasteiger partial charge in [-0.15, -0.1) is 0 Å². The van der Waals surface area contributed by atoms with Gasteiger partial charge in [0.1, 0.15) is 5.82 Å². The molecule has 2 fully saturated rings. The molecule has 0 unspecified atom stereocenters. The first kappa shape index (κ1) is 16.1. The predicted octanol–water partition coefficient (Wildman–Crippen LogP) is 1.42. The van der Waals surface area contributed by atoms with Gasteiger partial charge in [0.25, 0.3) is 0 Å². The van der Waals surface area contributed by atoms with Gasteiger partial charge in [0.05, 0.1) is 6.54 Å². The molecule has 1 aliphatic carbocycles. The molecule has 0 bridgehead atoms. The first-order valence-corrected chi connectivity index (χ1v) is 8.34. The number of nitrogens with zero attached hydrogens (tertiary/aromatic N) is 2. The van der Waals surface area contributed by atoms with Crippen molar-refractivity contribution in [1.29, 1.82) is 0 Å². The van der Waals surface area contributed by atoms with Crippen molar-refractivity contribution in [3.05, 3.63) is 30.1 Å². The van der Waals surface area contributed by atoms with Gasteiger partial charge in [-0.25, -0.2) is 4.39 Å². The molecule has 1 aliphatic heterocycles. The minimum atomic E-state index is -0.354. The fourth-order valence-corrected chi connectivity index (χ4v) is 2.92. The van der Waals surface area contributed by atoms with Crippen LogP contribution in [0.25, 0.3) is 0 Å². The largest absolute Gasteiger partial charge is 0.360 e. The number of nitrogens with one attached hydrogen (secondary N) is 2. The number of carbonyl (C=O) groups excluding carboxylic acids is 1. The summed E-state index contributed by atoms with van der Waals surface area (Å²) in [6.45, 7) is 3.55. The smallest absolute Gasteiger partial charge is 0.238 e. The minimum Gasteiger partial charge on any atom is -0.360 e. The van der Waals surface area contributed by atoms with Crippen molar-refractivity contribution in [2.45, 2.75) is 18.9 Å². The summed E-state index contributed by atoms with van der Waals surface area (Å²) in [5, 5.41) is 6.90. The number of halogens is 1. The Morgan fingerprint density at radius 3 is 2.65 bits per heavy atom. The maximum Gasteiger partial charge on any atom is 0.238 e. The number of hydrogen-bond acceptors (Lipinski definition) is 3. The topological polar surface area (TPSA) is 47.6 Å². The van der Waals surface area contributed by atoms with E-state index in [0.29, 0.717) is 18.3 Å². The monoisotopic (exact) mass is 336 g/mol. The van der Waals surface area contributed by atoms with Gasteiger partial charge in [-0.05, 0) is 43.3 Å². The zero-order valence-corrected chi connectivity index (χ0v) is 13.7. The van der Waals surface area contributed by atoms with Crippen LogP contribution in [-0.2, 0) is 4.79 Å². The Bertz CT molecular complexity index is 585. The van der Waals surface area contributed by atoms with Crippen molar-refractivity contribution in [3.63, 3.8) is 0 Å². The number of hydrogen-bond donors (Lipinski definition) is 2. The van der Waals surface area contributed by atoms with Crippen LogP contribution < -0.4 is 10.6 Å². The summed E-state index contributed by atoms with van der Waals surface area (Å²) in [6.07, 6.45) is 2.42. The summed E-state index contributed by atoms with van der Waals surface area (Å²) in [7, 11) is 0. The number of carbonyl (C=O) groups is 1. The highest BCUT2D eigenvalue weighted by molar-refractivity contribution is 7.80. The Labute approximate surface area is 140 Å². The SMILES string of the molecule is O=C(CN1CCN(C(=S)NC2CC2)CC1)Nc1cccc(F)c1. The molecular formula is C16H21FN4OS. The van der Waals surface area contributed by atoms with Crippen LogP contribution in [-0.4, -0.2) is 59.6 Å². The lowest BCUT2D eigenvalue weighted by Crippen LogP contribution is -2.53. The van der Waals surface area contributed by atoms with E-state index in [-0.39, 0.29) is 11.7 Å². The highest BCUT2D eigenvalue weighted by Crippen LogP contribution is 2.19. The molecule has 0 aromatic heterocycles. The second-order valence-electron chi connectivity index (χ2n) is 6.05. The average molecular weight is 336 g/mol. The molecule has 23 heavy (non-hydrogen) atoms. The molecule has 2 aliphatic rings. The molecule has 0 spiro atoms. The van der Waals surface area contributed by atoms with Crippen molar-refractivity contribution in [2.24, 2.45) is 0 Å². The summed E-state index contributed by atoms with van der Waals surface area (Å²) < 4.78 is 13.1. The number of benzene rings is 1. The van der Waals surface area contributed by atoms with E-state index >= 15 is 0 Å². The molecule has 1 heterocycles. The molecule has 1 aromatic rings. The maximum absolute atomic E-state index is 13.1. The Balaban J connectivity index is 1.41. The fourth-order valence-electron chi connectivity index (χ4n) is 2.57. The van der Waals surface area contributed by atoms with E-state index in [1.54, 1.807) is 12.1 Å². The van der Waals surface area contributed by atoms with Crippen LogP contribution in [0, 0.1) is 5.82 Å². The Morgan fingerprint density at radius 1 is 1.26 bits per heavy atom. The number of thiocarbonyl (C=S) groups is 1. The van der Waals surface area contributed by atoms with Crippen molar-refractivity contribution in [1.82, 2.24) is 15.1 Å². The molecular weight excluding hydrogens is 315 g/mol. The van der Waals surface area contributed by atoms with Crippen LogP contribution in [0.1, 0.15) is 12.8 Å². The van der Waals surface area contributed by atoms with E-state index in [1.807, 2.05) is 0 Å². The second kappa shape index (κ2) is 7.23. The summed E-state index contributed by atoms with van der Waals surface area (Å²) in [5.41, 5.74) is 0.489. The van der Waals surface area contributed by atoms with Gasteiger partial charge in [-0.1, -0.05) is 6.07 Å². The molecule has 5 nitrogen and oxygen atoms in total. The molecule has 0 atom stereocenters. The third kappa shape index (κ3) is 4.87. The Morgan fingerprint density at radius 2 is 2.00 bits per heavy atom. The first-order chi connectivity index (χ1) is 11.1. The molecule has 1 aromatic carbocycles. The third-order valence-electron chi connectivity index (χ3n) is 4.04. The Kier molecular flexibility index (Phi) is 5.07. The van der Waals surface area contributed by atoms with Crippen LogP contribution in [0.4, 0.5) is 10.1 Å². The Hall–Kier alpha value is -1.73. The molecule has 1 saturated heterocycles. The van der Waals surface area contributed by atoms with Crippen LogP contribution in [0.3, 0.4) is 0 Å². The van der Waals surface area contributed by atoms with E-state index in [4.69, 9.17) is 12.2 Å². The van der Waals surface area contributed by atoms with E-state index in [9.17, 15) is 9.18 Å². The van der Waals surface area contributed by atoms with Crippen molar-refractivity contribution < 1.29 is 9.18 Å². The molecule has 124 valence electrons. The lowest BCUT2D eigenvalue weighted by atomic mass is 10.3.